The summed E-state index contributed by atoms with van der Waals surface area (Å²) in [4.78, 5) is 2.48. The smallest absolute Gasteiger partial charge is 0.0404 e. The second kappa shape index (κ2) is 5.09. The van der Waals surface area contributed by atoms with E-state index in [4.69, 9.17) is 0 Å². The van der Waals surface area contributed by atoms with E-state index in [0.29, 0.717) is 6.04 Å². The lowest BCUT2D eigenvalue weighted by Gasteiger charge is -2.37. The fourth-order valence-electron chi connectivity index (χ4n) is 2.97. The SMILES string of the molecule is CNCCC1CCc2c(C)cc(C)cc2N1C. The number of nitrogens with one attached hydrogen (secondary N) is 1. The van der Waals surface area contributed by atoms with Crippen LogP contribution in [0.15, 0.2) is 12.1 Å². The molecule has 2 heteroatoms. The van der Waals surface area contributed by atoms with Gasteiger partial charge in [-0.25, -0.2) is 0 Å². The van der Waals surface area contributed by atoms with Crippen molar-refractivity contribution in [2.45, 2.75) is 39.2 Å². The summed E-state index contributed by atoms with van der Waals surface area (Å²) in [6, 6.07) is 5.34. The average molecular weight is 232 g/mol. The lowest BCUT2D eigenvalue weighted by molar-refractivity contribution is 0.509. The molecule has 0 saturated heterocycles. The van der Waals surface area contributed by atoms with Crippen molar-refractivity contribution >= 4 is 5.69 Å². The molecule has 0 radical (unpaired) electrons. The highest BCUT2D eigenvalue weighted by Crippen LogP contribution is 2.33. The molecule has 1 unspecified atom stereocenters. The molecule has 0 bridgehead atoms. The highest BCUT2D eigenvalue weighted by Gasteiger charge is 2.23. The number of benzene rings is 1. The molecule has 0 aliphatic carbocycles. The van der Waals surface area contributed by atoms with Gasteiger partial charge in [-0.3, -0.25) is 0 Å². The van der Waals surface area contributed by atoms with Crippen LogP contribution in [0.1, 0.15) is 29.5 Å². The average Bonchev–Trinajstić information content (AvgIpc) is 2.29. The third kappa shape index (κ3) is 2.47. The largest absolute Gasteiger partial charge is 0.371 e. The minimum absolute atomic E-state index is 0.691. The summed E-state index contributed by atoms with van der Waals surface area (Å²) in [7, 11) is 4.28. The Labute approximate surface area is 105 Å². The minimum atomic E-state index is 0.691. The van der Waals surface area contributed by atoms with E-state index < -0.39 is 0 Å². The first-order valence-electron chi connectivity index (χ1n) is 6.61. The summed E-state index contributed by atoms with van der Waals surface area (Å²) in [5, 5.41) is 3.26. The second-order valence-corrected chi connectivity index (χ2v) is 5.28. The van der Waals surface area contributed by atoms with Crippen molar-refractivity contribution in [1.82, 2.24) is 5.32 Å². The molecule has 1 aliphatic heterocycles. The molecule has 1 atom stereocenters. The van der Waals surface area contributed by atoms with Crippen LogP contribution >= 0.6 is 0 Å². The fraction of sp³-hybridized carbons (Fsp3) is 0.600. The van der Waals surface area contributed by atoms with E-state index in [1.165, 1.54) is 36.1 Å². The molecule has 0 saturated carbocycles. The van der Waals surface area contributed by atoms with Gasteiger partial charge >= 0.3 is 0 Å². The van der Waals surface area contributed by atoms with Gasteiger partial charge in [0.2, 0.25) is 0 Å². The first kappa shape index (κ1) is 12.4. The molecule has 1 aromatic carbocycles. The van der Waals surface area contributed by atoms with Crippen LogP contribution in [0.4, 0.5) is 5.69 Å². The topological polar surface area (TPSA) is 15.3 Å². The van der Waals surface area contributed by atoms with E-state index in [2.05, 4.69) is 43.2 Å². The lowest BCUT2D eigenvalue weighted by Crippen LogP contribution is -2.38. The quantitative estimate of drug-likeness (QED) is 0.862. The van der Waals surface area contributed by atoms with Gasteiger partial charge in [-0.15, -0.1) is 0 Å². The van der Waals surface area contributed by atoms with Gasteiger partial charge in [0.05, 0.1) is 0 Å². The van der Waals surface area contributed by atoms with E-state index in [9.17, 15) is 0 Å². The van der Waals surface area contributed by atoms with Crippen molar-refractivity contribution in [3.63, 3.8) is 0 Å². The van der Waals surface area contributed by atoms with Crippen LogP contribution in [0.25, 0.3) is 0 Å². The van der Waals surface area contributed by atoms with Gasteiger partial charge in [-0.2, -0.15) is 0 Å². The van der Waals surface area contributed by atoms with Crippen molar-refractivity contribution < 1.29 is 0 Å². The summed E-state index contributed by atoms with van der Waals surface area (Å²) < 4.78 is 0. The van der Waals surface area contributed by atoms with E-state index in [-0.39, 0.29) is 0 Å². The molecule has 94 valence electrons. The Morgan fingerprint density at radius 1 is 1.35 bits per heavy atom. The number of nitrogens with zero attached hydrogens (tertiary/aromatic N) is 1. The molecule has 0 fully saturated rings. The van der Waals surface area contributed by atoms with Crippen molar-refractivity contribution in [3.8, 4) is 0 Å². The number of fused-ring (bicyclic) bond motifs is 1. The Hall–Kier alpha value is -1.02. The van der Waals surface area contributed by atoms with Crippen LogP contribution in [0, 0.1) is 13.8 Å². The van der Waals surface area contributed by atoms with Crippen molar-refractivity contribution in [1.29, 1.82) is 0 Å². The van der Waals surface area contributed by atoms with E-state index in [0.717, 1.165) is 6.54 Å². The predicted molar refractivity (Wildman–Crippen MR) is 75.0 cm³/mol. The van der Waals surface area contributed by atoms with Gasteiger partial charge in [0, 0.05) is 18.8 Å². The van der Waals surface area contributed by atoms with Crippen LogP contribution in [0.2, 0.25) is 0 Å². The summed E-state index contributed by atoms with van der Waals surface area (Å²) in [6.07, 6.45) is 3.76. The molecule has 1 aromatic rings. The third-order valence-electron chi connectivity index (χ3n) is 3.98. The first-order valence-corrected chi connectivity index (χ1v) is 6.61. The fourth-order valence-corrected chi connectivity index (χ4v) is 2.97. The highest BCUT2D eigenvalue weighted by molar-refractivity contribution is 5.60. The van der Waals surface area contributed by atoms with E-state index in [1.807, 2.05) is 7.05 Å². The molecule has 1 heterocycles. The van der Waals surface area contributed by atoms with Crippen molar-refractivity contribution in [2.24, 2.45) is 0 Å². The maximum atomic E-state index is 3.26. The summed E-state index contributed by atoms with van der Waals surface area (Å²) >= 11 is 0. The molecule has 1 aliphatic rings. The number of hydrogen-bond donors (Lipinski definition) is 1. The standard InChI is InChI=1S/C15H24N2/c1-11-9-12(2)14-6-5-13(7-8-16-3)17(4)15(14)10-11/h9-10,13,16H,5-8H2,1-4H3. The molecular formula is C15H24N2. The first-order chi connectivity index (χ1) is 8.13. The zero-order chi connectivity index (χ0) is 12.4. The summed E-state index contributed by atoms with van der Waals surface area (Å²) in [5.41, 5.74) is 5.84. The lowest BCUT2D eigenvalue weighted by atomic mass is 9.90. The number of anilines is 1. The monoisotopic (exact) mass is 232 g/mol. The summed E-state index contributed by atoms with van der Waals surface area (Å²) in [5.74, 6) is 0. The molecule has 17 heavy (non-hydrogen) atoms. The van der Waals surface area contributed by atoms with Gasteiger partial charge < -0.3 is 10.2 Å². The van der Waals surface area contributed by atoms with Crippen LogP contribution in [0.5, 0.6) is 0 Å². The normalized spacial score (nSPS) is 19.3. The molecule has 2 nitrogen and oxygen atoms in total. The Kier molecular flexibility index (Phi) is 3.72. The number of aryl methyl sites for hydroxylation is 2. The third-order valence-corrected chi connectivity index (χ3v) is 3.98. The van der Waals surface area contributed by atoms with Crippen molar-refractivity contribution in [2.75, 3.05) is 25.5 Å². The second-order valence-electron chi connectivity index (χ2n) is 5.28. The summed E-state index contributed by atoms with van der Waals surface area (Å²) in [6.45, 7) is 5.54. The van der Waals surface area contributed by atoms with Crippen LogP contribution < -0.4 is 10.2 Å². The van der Waals surface area contributed by atoms with Crippen LogP contribution in [-0.2, 0) is 6.42 Å². The maximum Gasteiger partial charge on any atom is 0.0404 e. The number of rotatable bonds is 3. The van der Waals surface area contributed by atoms with Crippen LogP contribution in [0.3, 0.4) is 0 Å². The Bertz CT molecular complexity index is 398. The molecule has 2 rings (SSSR count). The predicted octanol–water partition coefficient (Wildman–Crippen LogP) is 2.66. The van der Waals surface area contributed by atoms with Crippen molar-refractivity contribution in [3.05, 3.63) is 28.8 Å². The molecule has 0 amide bonds. The Morgan fingerprint density at radius 2 is 2.12 bits per heavy atom. The van der Waals surface area contributed by atoms with Gasteiger partial charge in [0.15, 0.2) is 0 Å². The zero-order valence-electron chi connectivity index (χ0n) is 11.5. The Balaban J connectivity index is 2.25. The van der Waals surface area contributed by atoms with Gasteiger partial charge in [0.25, 0.3) is 0 Å². The highest BCUT2D eigenvalue weighted by atomic mass is 15.1. The van der Waals surface area contributed by atoms with E-state index in [1.54, 1.807) is 5.56 Å². The molecule has 1 N–H and O–H groups in total. The molecular weight excluding hydrogens is 208 g/mol. The maximum absolute atomic E-state index is 3.26. The molecule has 0 aromatic heterocycles. The number of hydrogen-bond acceptors (Lipinski definition) is 2. The van der Waals surface area contributed by atoms with Gasteiger partial charge in [-0.1, -0.05) is 6.07 Å². The Morgan fingerprint density at radius 3 is 2.82 bits per heavy atom. The van der Waals surface area contributed by atoms with Crippen LogP contribution in [-0.4, -0.2) is 26.7 Å². The molecule has 0 spiro atoms. The minimum Gasteiger partial charge on any atom is -0.371 e. The van der Waals surface area contributed by atoms with Gasteiger partial charge in [-0.05, 0) is 69.5 Å². The zero-order valence-corrected chi connectivity index (χ0v) is 11.5. The van der Waals surface area contributed by atoms with E-state index >= 15 is 0 Å². The van der Waals surface area contributed by atoms with Gasteiger partial charge in [0.1, 0.15) is 0 Å².